The second-order valence-electron chi connectivity index (χ2n) is 8.08. The van der Waals surface area contributed by atoms with Gasteiger partial charge in [-0.15, -0.1) is 0 Å². The normalized spacial score (nSPS) is 11.4. The van der Waals surface area contributed by atoms with Crippen LogP contribution in [-0.4, -0.2) is 21.6 Å². The summed E-state index contributed by atoms with van der Waals surface area (Å²) in [6.07, 6.45) is 1.62. The summed E-state index contributed by atoms with van der Waals surface area (Å²) in [5.41, 5.74) is 1.23. The Morgan fingerprint density at radius 1 is 1.06 bits per heavy atom. The molecule has 0 fully saturated rings. The summed E-state index contributed by atoms with van der Waals surface area (Å²) >= 11 is 12.2. The third kappa shape index (κ3) is 6.12. The van der Waals surface area contributed by atoms with Gasteiger partial charge in [0, 0.05) is 24.3 Å². The van der Waals surface area contributed by atoms with Crippen LogP contribution in [0.4, 0.5) is 5.82 Å². The van der Waals surface area contributed by atoms with Crippen molar-refractivity contribution in [3.63, 3.8) is 0 Å². The Kier molecular flexibility index (Phi) is 7.08. The minimum Gasteiger partial charge on any atom is -0.467 e. The molecule has 1 aromatic carbocycles. The molecule has 0 atom stereocenters. The first kappa shape index (κ1) is 22.9. The molecule has 3 rings (SSSR count). The van der Waals surface area contributed by atoms with Crippen LogP contribution in [0, 0.1) is 0 Å². The van der Waals surface area contributed by atoms with E-state index in [-0.39, 0.29) is 36.6 Å². The minimum atomic E-state index is -0.296. The van der Waals surface area contributed by atoms with E-state index in [1.807, 2.05) is 26.8 Å². The Hall–Kier alpha value is -2.77. The number of aromatic nitrogens is 2. The standard InChI is InChI=1S/C22H24Cl2N4O3/c1-22(2,3)18-12-19(28(27-18)14-6-7-16(23)17(24)11-14)26-21(30)9-8-20(29)25-13-15-5-4-10-31-15/h4-7,10-12H,8-9,13H2,1-3H3,(H,25,29)(H,26,30). The maximum absolute atomic E-state index is 12.5. The fourth-order valence-corrected chi connectivity index (χ4v) is 3.06. The Balaban J connectivity index is 1.69. The van der Waals surface area contributed by atoms with Crippen LogP contribution < -0.4 is 10.6 Å². The third-order valence-corrected chi connectivity index (χ3v) is 5.25. The van der Waals surface area contributed by atoms with Gasteiger partial charge in [0.15, 0.2) is 0 Å². The number of carbonyl (C=O) groups excluding carboxylic acids is 2. The molecule has 9 heteroatoms. The van der Waals surface area contributed by atoms with Crippen molar-refractivity contribution in [2.75, 3.05) is 5.32 Å². The Labute approximate surface area is 190 Å². The van der Waals surface area contributed by atoms with Gasteiger partial charge < -0.3 is 15.1 Å². The van der Waals surface area contributed by atoms with E-state index in [1.54, 1.807) is 35.0 Å². The van der Waals surface area contributed by atoms with Gasteiger partial charge in [-0.2, -0.15) is 5.10 Å². The van der Waals surface area contributed by atoms with Crippen LogP contribution in [0.25, 0.3) is 5.69 Å². The first-order valence-corrected chi connectivity index (χ1v) is 10.5. The minimum absolute atomic E-state index is 0.0292. The highest BCUT2D eigenvalue weighted by atomic mass is 35.5. The maximum atomic E-state index is 12.5. The molecule has 164 valence electrons. The van der Waals surface area contributed by atoms with Crippen molar-refractivity contribution in [1.29, 1.82) is 0 Å². The number of hydrogen-bond acceptors (Lipinski definition) is 4. The molecule has 0 spiro atoms. The molecule has 0 unspecified atom stereocenters. The summed E-state index contributed by atoms with van der Waals surface area (Å²) in [4.78, 5) is 24.5. The molecule has 0 bridgehead atoms. The summed E-state index contributed by atoms with van der Waals surface area (Å²) in [6.45, 7) is 6.38. The summed E-state index contributed by atoms with van der Waals surface area (Å²) in [7, 11) is 0. The van der Waals surface area contributed by atoms with E-state index in [4.69, 9.17) is 27.6 Å². The fourth-order valence-electron chi connectivity index (χ4n) is 2.77. The molecule has 0 radical (unpaired) electrons. The number of amides is 2. The molecule has 0 aliphatic heterocycles. The molecule has 2 heterocycles. The number of rotatable bonds is 7. The molecule has 2 N–H and O–H groups in total. The predicted octanol–water partition coefficient (Wildman–Crippen LogP) is 5.10. The zero-order valence-corrected chi connectivity index (χ0v) is 19.0. The van der Waals surface area contributed by atoms with Crippen molar-refractivity contribution in [3.05, 3.63) is 64.2 Å². The van der Waals surface area contributed by atoms with Gasteiger partial charge in [-0.1, -0.05) is 44.0 Å². The van der Waals surface area contributed by atoms with Crippen LogP contribution >= 0.6 is 23.2 Å². The summed E-state index contributed by atoms with van der Waals surface area (Å²) in [5.74, 6) is 0.608. The molecule has 0 aliphatic rings. The van der Waals surface area contributed by atoms with Crippen molar-refractivity contribution in [2.45, 2.75) is 45.6 Å². The van der Waals surface area contributed by atoms with Crippen LogP contribution in [0.1, 0.15) is 45.1 Å². The van der Waals surface area contributed by atoms with Crippen LogP contribution in [0.5, 0.6) is 0 Å². The summed E-state index contributed by atoms with van der Waals surface area (Å²) in [5, 5.41) is 11.0. The monoisotopic (exact) mass is 462 g/mol. The fraction of sp³-hybridized carbons (Fsp3) is 0.318. The van der Waals surface area contributed by atoms with E-state index in [0.717, 1.165) is 5.69 Å². The van der Waals surface area contributed by atoms with Gasteiger partial charge >= 0.3 is 0 Å². The Morgan fingerprint density at radius 3 is 2.45 bits per heavy atom. The number of benzene rings is 1. The van der Waals surface area contributed by atoms with E-state index in [9.17, 15) is 9.59 Å². The first-order chi connectivity index (χ1) is 14.6. The summed E-state index contributed by atoms with van der Waals surface area (Å²) in [6, 6.07) is 10.5. The molecule has 31 heavy (non-hydrogen) atoms. The van der Waals surface area contributed by atoms with Crippen LogP contribution in [-0.2, 0) is 21.5 Å². The van der Waals surface area contributed by atoms with Crippen LogP contribution in [0.2, 0.25) is 10.0 Å². The number of nitrogens with one attached hydrogen (secondary N) is 2. The van der Waals surface area contributed by atoms with Gasteiger partial charge in [-0.05, 0) is 30.3 Å². The zero-order chi connectivity index (χ0) is 22.6. The zero-order valence-electron chi connectivity index (χ0n) is 17.5. The lowest BCUT2D eigenvalue weighted by atomic mass is 9.92. The molecular weight excluding hydrogens is 439 g/mol. The van der Waals surface area contributed by atoms with Crippen molar-refractivity contribution < 1.29 is 14.0 Å². The number of halogens is 2. The second-order valence-corrected chi connectivity index (χ2v) is 8.89. The van der Waals surface area contributed by atoms with Gasteiger partial charge in [0.05, 0.1) is 34.2 Å². The van der Waals surface area contributed by atoms with Gasteiger partial charge in [0.2, 0.25) is 11.8 Å². The molecule has 7 nitrogen and oxygen atoms in total. The second kappa shape index (κ2) is 9.58. The van der Waals surface area contributed by atoms with Gasteiger partial charge in [0.25, 0.3) is 0 Å². The molecule has 3 aromatic rings. The van der Waals surface area contributed by atoms with E-state index in [1.165, 1.54) is 6.26 Å². The number of hydrogen-bond donors (Lipinski definition) is 2. The van der Waals surface area contributed by atoms with Gasteiger partial charge in [-0.3, -0.25) is 9.59 Å². The molecule has 0 saturated heterocycles. The van der Waals surface area contributed by atoms with Crippen molar-refractivity contribution >= 4 is 40.8 Å². The Bertz CT molecular complexity index is 1070. The highest BCUT2D eigenvalue weighted by Gasteiger charge is 2.22. The van der Waals surface area contributed by atoms with E-state index in [2.05, 4.69) is 15.7 Å². The lowest BCUT2D eigenvalue weighted by molar-refractivity contribution is -0.124. The highest BCUT2D eigenvalue weighted by Crippen LogP contribution is 2.29. The number of furan rings is 1. The SMILES string of the molecule is CC(C)(C)c1cc(NC(=O)CCC(=O)NCc2ccco2)n(-c2ccc(Cl)c(Cl)c2)n1. The number of nitrogens with zero attached hydrogens (tertiary/aromatic N) is 2. The third-order valence-electron chi connectivity index (χ3n) is 4.51. The first-order valence-electron chi connectivity index (χ1n) is 9.78. The molecule has 0 aliphatic carbocycles. The summed E-state index contributed by atoms with van der Waals surface area (Å²) < 4.78 is 6.78. The maximum Gasteiger partial charge on any atom is 0.226 e. The smallest absolute Gasteiger partial charge is 0.226 e. The largest absolute Gasteiger partial charge is 0.467 e. The van der Waals surface area contributed by atoms with Crippen molar-refractivity contribution in [1.82, 2.24) is 15.1 Å². The lowest BCUT2D eigenvalue weighted by Gasteiger charge is -2.14. The predicted molar refractivity (Wildman–Crippen MR) is 121 cm³/mol. The van der Waals surface area contributed by atoms with Gasteiger partial charge in [-0.25, -0.2) is 4.68 Å². The topological polar surface area (TPSA) is 89.2 Å². The van der Waals surface area contributed by atoms with E-state index < -0.39 is 0 Å². The van der Waals surface area contributed by atoms with Crippen LogP contribution in [0.3, 0.4) is 0 Å². The average Bonchev–Trinajstić information content (AvgIpc) is 3.36. The molecule has 2 amide bonds. The quantitative estimate of drug-likeness (QED) is 0.510. The molecule has 0 saturated carbocycles. The van der Waals surface area contributed by atoms with Gasteiger partial charge in [0.1, 0.15) is 11.6 Å². The van der Waals surface area contributed by atoms with E-state index in [0.29, 0.717) is 27.3 Å². The lowest BCUT2D eigenvalue weighted by Crippen LogP contribution is -2.24. The Morgan fingerprint density at radius 2 is 1.81 bits per heavy atom. The number of carbonyl (C=O) groups is 2. The number of anilines is 1. The van der Waals surface area contributed by atoms with Crippen molar-refractivity contribution in [2.24, 2.45) is 0 Å². The molecular formula is C22H24Cl2N4O3. The average molecular weight is 463 g/mol. The van der Waals surface area contributed by atoms with E-state index >= 15 is 0 Å². The van der Waals surface area contributed by atoms with Crippen molar-refractivity contribution in [3.8, 4) is 5.69 Å². The molecule has 2 aromatic heterocycles. The highest BCUT2D eigenvalue weighted by molar-refractivity contribution is 6.42. The van der Waals surface area contributed by atoms with Crippen LogP contribution in [0.15, 0.2) is 47.1 Å².